The Kier molecular flexibility index (Phi) is 4.94. The Morgan fingerprint density at radius 3 is 2.66 bits per heavy atom. The van der Waals surface area contributed by atoms with E-state index in [9.17, 15) is 13.2 Å². The maximum atomic E-state index is 12.9. The Bertz CT molecular complexity index is 1220. The van der Waals surface area contributed by atoms with Crippen molar-refractivity contribution < 1.29 is 17.9 Å². The smallest absolute Gasteiger partial charge is 0.265 e. The first-order valence-corrected chi connectivity index (χ1v) is 10.5. The van der Waals surface area contributed by atoms with Crippen LogP contribution in [0.4, 0.5) is 5.69 Å². The van der Waals surface area contributed by atoms with Crippen molar-refractivity contribution in [2.24, 2.45) is 5.10 Å². The minimum absolute atomic E-state index is 0.215. The van der Waals surface area contributed by atoms with E-state index in [4.69, 9.17) is 4.74 Å². The second kappa shape index (κ2) is 7.56. The number of benzene rings is 3. The van der Waals surface area contributed by atoms with Gasteiger partial charge in [-0.25, -0.2) is 13.8 Å². The van der Waals surface area contributed by atoms with E-state index < -0.39 is 15.9 Å². The average molecular weight is 409 g/mol. The Morgan fingerprint density at radius 1 is 1.10 bits per heavy atom. The molecule has 0 radical (unpaired) electrons. The SMILES string of the molecule is CCOc1ccccc1/C=N\NC(=O)CN1c2cccc3cccc(c23)S1(=O)=O. The number of sulfonamides is 1. The van der Waals surface area contributed by atoms with Gasteiger partial charge in [0.2, 0.25) is 0 Å². The average Bonchev–Trinajstić information content (AvgIpc) is 2.93. The summed E-state index contributed by atoms with van der Waals surface area (Å²) < 4.78 is 32.4. The molecule has 1 N–H and O–H groups in total. The van der Waals surface area contributed by atoms with Crippen LogP contribution in [0.25, 0.3) is 10.8 Å². The lowest BCUT2D eigenvalue weighted by molar-refractivity contribution is -0.119. The molecule has 1 heterocycles. The number of hydrazone groups is 1. The molecule has 1 amide bonds. The molecule has 0 saturated heterocycles. The molecule has 0 saturated carbocycles. The molecule has 0 unspecified atom stereocenters. The van der Waals surface area contributed by atoms with Crippen molar-refractivity contribution >= 4 is 38.6 Å². The largest absolute Gasteiger partial charge is 0.493 e. The Labute approximate surface area is 168 Å². The van der Waals surface area contributed by atoms with Gasteiger partial charge in [0, 0.05) is 10.9 Å². The fraction of sp³-hybridized carbons (Fsp3) is 0.143. The molecule has 29 heavy (non-hydrogen) atoms. The lowest BCUT2D eigenvalue weighted by Gasteiger charge is -2.17. The molecule has 3 aromatic rings. The Hall–Kier alpha value is -3.39. The third-order valence-corrected chi connectivity index (χ3v) is 6.38. The van der Waals surface area contributed by atoms with Crippen molar-refractivity contribution in [3.63, 3.8) is 0 Å². The van der Waals surface area contributed by atoms with Crippen molar-refractivity contribution in [3.8, 4) is 5.75 Å². The van der Waals surface area contributed by atoms with Crippen molar-refractivity contribution in [1.29, 1.82) is 0 Å². The molecule has 0 aliphatic carbocycles. The van der Waals surface area contributed by atoms with Crippen LogP contribution in [0.15, 0.2) is 70.7 Å². The minimum atomic E-state index is -3.78. The zero-order valence-electron chi connectivity index (χ0n) is 15.7. The molecule has 1 aliphatic heterocycles. The van der Waals surface area contributed by atoms with Gasteiger partial charge in [-0.3, -0.25) is 9.10 Å². The van der Waals surface area contributed by atoms with Crippen LogP contribution in [0.2, 0.25) is 0 Å². The summed E-state index contributed by atoms with van der Waals surface area (Å²) >= 11 is 0. The summed E-state index contributed by atoms with van der Waals surface area (Å²) in [6.45, 7) is 2.03. The van der Waals surface area contributed by atoms with Crippen molar-refractivity contribution in [1.82, 2.24) is 5.43 Å². The first-order valence-electron chi connectivity index (χ1n) is 9.10. The van der Waals surface area contributed by atoms with Crippen LogP contribution < -0.4 is 14.5 Å². The Morgan fingerprint density at radius 2 is 1.86 bits per heavy atom. The first kappa shape index (κ1) is 18.9. The number of hydrogen-bond donors (Lipinski definition) is 1. The summed E-state index contributed by atoms with van der Waals surface area (Å²) in [6, 6.07) is 17.7. The van der Waals surface area contributed by atoms with Crippen LogP contribution in [-0.4, -0.2) is 33.7 Å². The number of para-hydroxylation sites is 1. The normalized spacial score (nSPS) is 14.4. The van der Waals surface area contributed by atoms with E-state index in [0.717, 1.165) is 9.69 Å². The number of rotatable bonds is 6. The fourth-order valence-corrected chi connectivity index (χ4v) is 5.01. The molecule has 0 fully saturated rings. The van der Waals surface area contributed by atoms with E-state index in [1.165, 1.54) is 6.21 Å². The van der Waals surface area contributed by atoms with Crippen LogP contribution in [0.1, 0.15) is 12.5 Å². The molecule has 0 atom stereocenters. The van der Waals surface area contributed by atoms with Gasteiger partial charge < -0.3 is 4.74 Å². The maximum Gasteiger partial charge on any atom is 0.265 e. The minimum Gasteiger partial charge on any atom is -0.493 e. The van der Waals surface area contributed by atoms with Gasteiger partial charge in [0.1, 0.15) is 12.3 Å². The van der Waals surface area contributed by atoms with Crippen LogP contribution >= 0.6 is 0 Å². The zero-order chi connectivity index (χ0) is 20.4. The van der Waals surface area contributed by atoms with Gasteiger partial charge in [0.15, 0.2) is 0 Å². The van der Waals surface area contributed by atoms with Crippen LogP contribution in [0, 0.1) is 0 Å². The molecule has 8 heteroatoms. The number of amides is 1. The fourth-order valence-electron chi connectivity index (χ4n) is 3.34. The highest BCUT2D eigenvalue weighted by Gasteiger charge is 2.36. The molecule has 7 nitrogen and oxygen atoms in total. The quantitative estimate of drug-likeness (QED) is 0.501. The van der Waals surface area contributed by atoms with Gasteiger partial charge >= 0.3 is 0 Å². The third kappa shape index (κ3) is 3.42. The van der Waals surface area contributed by atoms with E-state index >= 15 is 0 Å². The van der Waals surface area contributed by atoms with E-state index in [0.29, 0.717) is 29.0 Å². The van der Waals surface area contributed by atoms with Crippen molar-refractivity contribution in [3.05, 3.63) is 66.2 Å². The second-order valence-corrected chi connectivity index (χ2v) is 8.24. The number of ether oxygens (including phenoxy) is 1. The highest BCUT2D eigenvalue weighted by molar-refractivity contribution is 7.93. The van der Waals surface area contributed by atoms with E-state index in [1.54, 1.807) is 30.3 Å². The predicted molar refractivity (Wildman–Crippen MR) is 112 cm³/mol. The second-order valence-electron chi connectivity index (χ2n) is 6.41. The lowest BCUT2D eigenvalue weighted by atomic mass is 10.1. The third-order valence-electron chi connectivity index (χ3n) is 4.58. The number of nitrogens with zero attached hydrogens (tertiary/aromatic N) is 2. The molecular formula is C21H19N3O4S. The number of nitrogens with one attached hydrogen (secondary N) is 1. The summed E-state index contributed by atoms with van der Waals surface area (Å²) in [4.78, 5) is 12.6. The van der Waals surface area contributed by atoms with Gasteiger partial charge in [-0.15, -0.1) is 0 Å². The van der Waals surface area contributed by atoms with Crippen LogP contribution in [0.3, 0.4) is 0 Å². The molecule has 1 aliphatic rings. The molecule has 4 rings (SSSR count). The summed E-state index contributed by atoms with van der Waals surface area (Å²) in [7, 11) is -3.78. The molecule has 0 spiro atoms. The van der Waals surface area contributed by atoms with E-state index in [1.807, 2.05) is 37.3 Å². The van der Waals surface area contributed by atoms with Gasteiger partial charge in [-0.05, 0) is 36.6 Å². The number of anilines is 1. The van der Waals surface area contributed by atoms with Crippen LogP contribution in [0.5, 0.6) is 5.75 Å². The Balaban J connectivity index is 1.52. The molecule has 0 aromatic heterocycles. The zero-order valence-corrected chi connectivity index (χ0v) is 16.5. The van der Waals surface area contributed by atoms with Gasteiger partial charge in [0.05, 0.1) is 23.4 Å². The highest BCUT2D eigenvalue weighted by atomic mass is 32.2. The summed E-state index contributed by atoms with van der Waals surface area (Å²) in [5.41, 5.74) is 3.60. The van der Waals surface area contributed by atoms with E-state index in [2.05, 4.69) is 10.5 Å². The molecule has 148 valence electrons. The van der Waals surface area contributed by atoms with Crippen molar-refractivity contribution in [2.75, 3.05) is 17.5 Å². The van der Waals surface area contributed by atoms with Crippen LogP contribution in [-0.2, 0) is 14.8 Å². The maximum absolute atomic E-state index is 12.9. The number of hydrogen-bond acceptors (Lipinski definition) is 5. The van der Waals surface area contributed by atoms with Gasteiger partial charge in [-0.2, -0.15) is 5.10 Å². The number of carbonyl (C=O) groups is 1. The molecule has 3 aromatic carbocycles. The predicted octanol–water partition coefficient (Wildman–Crippen LogP) is 2.90. The monoisotopic (exact) mass is 409 g/mol. The number of carbonyl (C=O) groups excluding carboxylic acids is 1. The lowest BCUT2D eigenvalue weighted by Crippen LogP contribution is -2.37. The summed E-state index contributed by atoms with van der Waals surface area (Å²) in [5.74, 6) is 0.112. The van der Waals surface area contributed by atoms with Crippen molar-refractivity contribution in [2.45, 2.75) is 11.8 Å². The highest BCUT2D eigenvalue weighted by Crippen LogP contribution is 2.41. The topological polar surface area (TPSA) is 88.1 Å². The van der Waals surface area contributed by atoms with Gasteiger partial charge in [0.25, 0.3) is 15.9 Å². The molecular weight excluding hydrogens is 390 g/mol. The first-order chi connectivity index (χ1) is 14.0. The van der Waals surface area contributed by atoms with E-state index in [-0.39, 0.29) is 11.4 Å². The summed E-state index contributed by atoms with van der Waals surface area (Å²) in [6.07, 6.45) is 1.47. The van der Waals surface area contributed by atoms with Gasteiger partial charge in [-0.1, -0.05) is 36.4 Å². The standard InChI is InChI=1S/C21H19N3O4S/c1-2-28-18-11-4-3-7-16(18)13-22-23-20(25)14-24-17-10-5-8-15-9-6-12-19(21(15)17)29(24,26)27/h3-13H,2,14H2,1H3,(H,23,25)/b22-13-. The summed E-state index contributed by atoms with van der Waals surface area (Å²) in [5, 5.41) is 5.40. The molecule has 0 bridgehead atoms.